The number of rotatable bonds is 1. The Kier molecular flexibility index (Phi) is 2.71. The molecule has 0 amide bonds. The molecular weight excluding hydrogens is 214 g/mol. The van der Waals surface area contributed by atoms with E-state index in [-0.39, 0.29) is 11.5 Å². The Balaban J connectivity index is 2.57. The minimum atomic E-state index is 0.0439. The maximum atomic E-state index is 9.64. The van der Waals surface area contributed by atoms with Crippen LogP contribution in [0.5, 0.6) is 11.5 Å². The molecule has 2 aromatic carbocycles. The van der Waals surface area contributed by atoms with Crippen molar-refractivity contribution < 1.29 is 10.2 Å². The molecule has 84 valence electrons. The molecule has 0 aliphatic heterocycles. The molecule has 0 saturated carbocycles. The van der Waals surface area contributed by atoms with Crippen LogP contribution in [0.1, 0.15) is 11.1 Å². The molecular formula is C14H11NO2. The van der Waals surface area contributed by atoms with Crippen molar-refractivity contribution in [2.24, 2.45) is 0 Å². The molecule has 3 heteroatoms. The van der Waals surface area contributed by atoms with Gasteiger partial charge in [0.1, 0.15) is 11.5 Å². The first-order valence-corrected chi connectivity index (χ1v) is 5.15. The third-order valence-electron chi connectivity index (χ3n) is 2.68. The molecule has 17 heavy (non-hydrogen) atoms. The van der Waals surface area contributed by atoms with Crippen LogP contribution in [0.15, 0.2) is 36.4 Å². The van der Waals surface area contributed by atoms with Gasteiger partial charge in [-0.1, -0.05) is 12.1 Å². The second-order valence-corrected chi connectivity index (χ2v) is 3.83. The maximum Gasteiger partial charge on any atom is 0.122 e. The minimum Gasteiger partial charge on any atom is -0.508 e. The molecule has 0 bridgehead atoms. The fourth-order valence-electron chi connectivity index (χ4n) is 1.62. The van der Waals surface area contributed by atoms with E-state index in [1.165, 1.54) is 0 Å². The van der Waals surface area contributed by atoms with Gasteiger partial charge in [-0.15, -0.1) is 0 Å². The number of benzene rings is 2. The summed E-state index contributed by atoms with van der Waals surface area (Å²) in [5.74, 6) is 0.0877. The van der Waals surface area contributed by atoms with Gasteiger partial charge < -0.3 is 10.2 Å². The zero-order valence-corrected chi connectivity index (χ0v) is 9.31. The summed E-state index contributed by atoms with van der Waals surface area (Å²) in [5.41, 5.74) is 2.46. The van der Waals surface area contributed by atoms with Crippen molar-refractivity contribution in [2.75, 3.05) is 0 Å². The lowest BCUT2D eigenvalue weighted by Crippen LogP contribution is -1.83. The number of phenols is 2. The Labute approximate surface area is 99.2 Å². The molecule has 2 aromatic rings. The van der Waals surface area contributed by atoms with Crippen molar-refractivity contribution in [1.29, 1.82) is 5.26 Å². The van der Waals surface area contributed by atoms with Gasteiger partial charge in [-0.3, -0.25) is 0 Å². The third kappa shape index (κ3) is 2.06. The van der Waals surface area contributed by atoms with Crippen molar-refractivity contribution in [3.05, 3.63) is 47.5 Å². The van der Waals surface area contributed by atoms with Crippen LogP contribution < -0.4 is 0 Å². The van der Waals surface area contributed by atoms with Crippen LogP contribution in [0.4, 0.5) is 0 Å². The van der Waals surface area contributed by atoms with Crippen LogP contribution in [-0.4, -0.2) is 10.2 Å². The van der Waals surface area contributed by atoms with Crippen LogP contribution in [0.25, 0.3) is 11.1 Å². The second-order valence-electron chi connectivity index (χ2n) is 3.83. The summed E-state index contributed by atoms with van der Waals surface area (Å²) in [6, 6.07) is 12.2. The Morgan fingerprint density at radius 3 is 2.24 bits per heavy atom. The highest BCUT2D eigenvalue weighted by molar-refractivity contribution is 5.69. The Morgan fingerprint density at radius 2 is 1.65 bits per heavy atom. The Hall–Kier alpha value is -2.47. The van der Waals surface area contributed by atoms with E-state index in [1.54, 1.807) is 37.3 Å². The van der Waals surface area contributed by atoms with E-state index >= 15 is 0 Å². The molecule has 0 radical (unpaired) electrons. The fraction of sp³-hybridized carbons (Fsp3) is 0.0714. The standard InChI is InChI=1S/C14H11NO2/c1-9-13(16)6-12(7-14(9)17)11-4-2-3-10(5-11)8-15/h2-7,16-17H,1H3. The summed E-state index contributed by atoms with van der Waals surface area (Å²) < 4.78 is 0. The number of aromatic hydroxyl groups is 2. The molecule has 0 saturated heterocycles. The summed E-state index contributed by atoms with van der Waals surface area (Å²) >= 11 is 0. The zero-order chi connectivity index (χ0) is 12.4. The number of hydrogen-bond donors (Lipinski definition) is 2. The summed E-state index contributed by atoms with van der Waals surface area (Å²) in [4.78, 5) is 0. The molecule has 0 spiro atoms. The monoisotopic (exact) mass is 225 g/mol. The Morgan fingerprint density at radius 1 is 1.00 bits per heavy atom. The van der Waals surface area contributed by atoms with Crippen LogP contribution in [0.2, 0.25) is 0 Å². The third-order valence-corrected chi connectivity index (χ3v) is 2.68. The van der Waals surface area contributed by atoms with Crippen LogP contribution in [0, 0.1) is 18.3 Å². The average Bonchev–Trinajstić information content (AvgIpc) is 2.35. The highest BCUT2D eigenvalue weighted by Gasteiger charge is 2.07. The van der Waals surface area contributed by atoms with E-state index in [0.29, 0.717) is 16.7 Å². The van der Waals surface area contributed by atoms with Gasteiger partial charge in [0.25, 0.3) is 0 Å². The van der Waals surface area contributed by atoms with Gasteiger partial charge in [0.2, 0.25) is 0 Å². The highest BCUT2D eigenvalue weighted by Crippen LogP contribution is 2.33. The summed E-state index contributed by atoms with van der Waals surface area (Å²) in [6.07, 6.45) is 0. The van der Waals surface area contributed by atoms with Gasteiger partial charge in [-0.2, -0.15) is 5.26 Å². The quantitative estimate of drug-likeness (QED) is 0.784. The van der Waals surface area contributed by atoms with E-state index in [4.69, 9.17) is 5.26 Å². The molecule has 0 fully saturated rings. The van der Waals surface area contributed by atoms with Gasteiger partial charge in [0, 0.05) is 5.56 Å². The lowest BCUT2D eigenvalue weighted by Gasteiger charge is -2.07. The zero-order valence-electron chi connectivity index (χ0n) is 9.31. The number of hydrogen-bond acceptors (Lipinski definition) is 3. The van der Waals surface area contributed by atoms with Gasteiger partial charge in [-0.25, -0.2) is 0 Å². The normalized spacial score (nSPS) is 9.88. The van der Waals surface area contributed by atoms with E-state index in [1.807, 2.05) is 6.07 Å². The van der Waals surface area contributed by atoms with Crippen molar-refractivity contribution in [1.82, 2.24) is 0 Å². The first-order chi connectivity index (χ1) is 8.11. The summed E-state index contributed by atoms with van der Waals surface area (Å²) in [7, 11) is 0. The number of nitrogens with zero attached hydrogens (tertiary/aromatic N) is 1. The van der Waals surface area contributed by atoms with Crippen molar-refractivity contribution >= 4 is 0 Å². The van der Waals surface area contributed by atoms with Gasteiger partial charge >= 0.3 is 0 Å². The molecule has 3 nitrogen and oxygen atoms in total. The summed E-state index contributed by atoms with van der Waals surface area (Å²) in [6.45, 7) is 1.64. The van der Waals surface area contributed by atoms with E-state index in [0.717, 1.165) is 5.56 Å². The highest BCUT2D eigenvalue weighted by atomic mass is 16.3. The predicted octanol–water partition coefficient (Wildman–Crippen LogP) is 2.94. The van der Waals surface area contributed by atoms with Crippen LogP contribution in [-0.2, 0) is 0 Å². The van der Waals surface area contributed by atoms with E-state index in [9.17, 15) is 10.2 Å². The van der Waals surface area contributed by atoms with E-state index in [2.05, 4.69) is 6.07 Å². The second kappa shape index (κ2) is 4.18. The van der Waals surface area contributed by atoms with E-state index < -0.39 is 0 Å². The number of nitriles is 1. The predicted molar refractivity (Wildman–Crippen MR) is 64.7 cm³/mol. The minimum absolute atomic E-state index is 0.0439. The number of phenolic OH excluding ortho intramolecular Hbond substituents is 2. The smallest absolute Gasteiger partial charge is 0.122 e. The summed E-state index contributed by atoms with van der Waals surface area (Å²) in [5, 5.41) is 28.1. The van der Waals surface area contributed by atoms with Crippen molar-refractivity contribution in [3.63, 3.8) is 0 Å². The topological polar surface area (TPSA) is 64.2 Å². The lowest BCUT2D eigenvalue weighted by molar-refractivity contribution is 0.443. The SMILES string of the molecule is Cc1c(O)cc(-c2cccc(C#N)c2)cc1O. The van der Waals surface area contributed by atoms with Crippen LogP contribution in [0.3, 0.4) is 0 Å². The fourth-order valence-corrected chi connectivity index (χ4v) is 1.62. The average molecular weight is 225 g/mol. The maximum absolute atomic E-state index is 9.64. The van der Waals surface area contributed by atoms with Gasteiger partial charge in [0.15, 0.2) is 0 Å². The van der Waals surface area contributed by atoms with Crippen LogP contribution >= 0.6 is 0 Å². The van der Waals surface area contributed by atoms with Crippen molar-refractivity contribution in [3.8, 4) is 28.7 Å². The molecule has 2 N–H and O–H groups in total. The molecule has 0 unspecified atom stereocenters. The molecule has 0 atom stereocenters. The van der Waals surface area contributed by atoms with Gasteiger partial charge in [-0.05, 0) is 42.3 Å². The molecule has 0 heterocycles. The largest absolute Gasteiger partial charge is 0.508 e. The molecule has 2 rings (SSSR count). The molecule has 0 aromatic heterocycles. The molecule has 0 aliphatic carbocycles. The first kappa shape index (κ1) is 11.0. The van der Waals surface area contributed by atoms with Crippen molar-refractivity contribution in [2.45, 2.75) is 6.92 Å². The Bertz CT molecular complexity index is 589. The molecule has 0 aliphatic rings. The first-order valence-electron chi connectivity index (χ1n) is 5.15. The lowest BCUT2D eigenvalue weighted by atomic mass is 10.0. The van der Waals surface area contributed by atoms with Gasteiger partial charge in [0.05, 0.1) is 11.6 Å².